The molecule has 2 heterocycles. The number of unbranched alkanes of at least 4 members (excludes halogenated alkanes) is 1. The van der Waals surface area contributed by atoms with E-state index in [4.69, 9.17) is 4.74 Å². The van der Waals surface area contributed by atoms with Gasteiger partial charge in [-0.1, -0.05) is 30.7 Å². The maximum absolute atomic E-state index is 13.2. The third-order valence-electron chi connectivity index (χ3n) is 6.54. The number of nitrogens with zero attached hydrogens (tertiary/aromatic N) is 3. The lowest BCUT2D eigenvalue weighted by Gasteiger charge is -2.29. The molecule has 0 radical (unpaired) electrons. The Balaban J connectivity index is 1.55. The molecule has 0 aliphatic carbocycles. The first-order chi connectivity index (χ1) is 17.7. The fourth-order valence-electron chi connectivity index (χ4n) is 4.37. The molecule has 37 heavy (non-hydrogen) atoms. The molecule has 1 aliphatic rings. The van der Waals surface area contributed by atoms with Crippen LogP contribution in [0.5, 0.6) is 0 Å². The number of aromatic nitrogens is 1. The summed E-state index contributed by atoms with van der Waals surface area (Å²) in [5.74, 6) is -1.72. The summed E-state index contributed by atoms with van der Waals surface area (Å²) in [6.07, 6.45) is 3.76. The molecule has 3 aromatic rings. The zero-order valence-corrected chi connectivity index (χ0v) is 22.5. The lowest BCUT2D eigenvalue weighted by Crippen LogP contribution is -2.40. The Labute approximate surface area is 219 Å². The molecule has 0 atom stereocenters. The summed E-state index contributed by atoms with van der Waals surface area (Å²) in [6.45, 7) is 2.41. The van der Waals surface area contributed by atoms with E-state index in [1.165, 1.54) is 40.4 Å². The van der Waals surface area contributed by atoms with Gasteiger partial charge in [0.15, 0.2) is 4.80 Å². The number of methoxy groups -OCH3 is 1. The Hall–Kier alpha value is -2.89. The van der Waals surface area contributed by atoms with Crippen molar-refractivity contribution in [1.82, 2.24) is 8.87 Å². The van der Waals surface area contributed by atoms with E-state index in [0.717, 1.165) is 41.6 Å². The molecule has 11 heteroatoms. The molecule has 4 rings (SSSR count). The Kier molecular flexibility index (Phi) is 8.56. The predicted octanol–water partition coefficient (Wildman–Crippen LogP) is 3.89. The summed E-state index contributed by atoms with van der Waals surface area (Å²) < 4.78 is 47.8. The average molecular weight is 548 g/mol. The van der Waals surface area contributed by atoms with Crippen LogP contribution in [-0.4, -0.2) is 49.4 Å². The van der Waals surface area contributed by atoms with E-state index in [1.54, 1.807) is 4.57 Å². The van der Waals surface area contributed by atoms with Crippen LogP contribution in [0.1, 0.15) is 38.2 Å². The van der Waals surface area contributed by atoms with Gasteiger partial charge >= 0.3 is 5.97 Å². The zero-order chi connectivity index (χ0) is 26.6. The van der Waals surface area contributed by atoms with Crippen molar-refractivity contribution in [3.05, 3.63) is 58.6 Å². The molecule has 1 aliphatic heterocycles. The average Bonchev–Trinajstić information content (AvgIpc) is 3.23. The van der Waals surface area contributed by atoms with E-state index in [2.05, 4.69) is 18.0 Å². The molecule has 0 N–H and O–H groups in total. The minimum Gasteiger partial charge on any atom is -0.468 e. The van der Waals surface area contributed by atoms with Gasteiger partial charge < -0.3 is 9.30 Å². The van der Waals surface area contributed by atoms with Gasteiger partial charge in [0.2, 0.25) is 10.0 Å². The van der Waals surface area contributed by atoms with Crippen molar-refractivity contribution in [3.8, 4) is 0 Å². The Morgan fingerprint density at radius 3 is 2.49 bits per heavy atom. The summed E-state index contributed by atoms with van der Waals surface area (Å²) in [5, 5.41) is 0. The van der Waals surface area contributed by atoms with Crippen LogP contribution in [0.4, 0.5) is 4.39 Å². The number of amides is 1. The number of aryl methyl sites for hydroxylation is 1. The largest absolute Gasteiger partial charge is 0.468 e. The van der Waals surface area contributed by atoms with Gasteiger partial charge in [-0.05, 0) is 67.6 Å². The minimum atomic E-state index is -3.77. The quantitative estimate of drug-likeness (QED) is 0.399. The standard InChI is InChI=1S/C26H30FN3O5S2/c1-3-4-5-18-6-11-22-23(16-18)36-26(30(22)17-24(31)35-2)28-25(32)19-12-14-29(15-13-19)37(33,34)21-9-7-20(27)8-10-21/h6-11,16,19H,3-5,12-15,17H2,1-2H3. The van der Waals surface area contributed by atoms with Crippen LogP contribution in [-0.2, 0) is 37.3 Å². The summed E-state index contributed by atoms with van der Waals surface area (Å²) in [6, 6.07) is 10.8. The van der Waals surface area contributed by atoms with E-state index in [-0.39, 0.29) is 30.4 Å². The molecule has 0 bridgehead atoms. The normalized spacial score (nSPS) is 15.8. The Bertz CT molecular complexity index is 1450. The number of sulfonamides is 1. The van der Waals surface area contributed by atoms with Crippen molar-refractivity contribution in [2.75, 3.05) is 20.2 Å². The molecule has 1 fully saturated rings. The summed E-state index contributed by atoms with van der Waals surface area (Å²) in [4.78, 5) is 30.0. The number of benzene rings is 2. The predicted molar refractivity (Wildman–Crippen MR) is 139 cm³/mol. The van der Waals surface area contributed by atoms with Crippen molar-refractivity contribution in [2.45, 2.75) is 50.5 Å². The number of carbonyl (C=O) groups is 2. The van der Waals surface area contributed by atoms with Crippen LogP contribution in [0.25, 0.3) is 10.2 Å². The van der Waals surface area contributed by atoms with Gasteiger partial charge in [0.05, 0.1) is 22.2 Å². The molecular weight excluding hydrogens is 517 g/mol. The smallest absolute Gasteiger partial charge is 0.325 e. The number of ether oxygens (including phenoxy) is 1. The van der Waals surface area contributed by atoms with Crippen molar-refractivity contribution < 1.29 is 27.1 Å². The van der Waals surface area contributed by atoms with E-state index in [0.29, 0.717) is 17.6 Å². The van der Waals surface area contributed by atoms with Gasteiger partial charge in [0.25, 0.3) is 5.91 Å². The highest BCUT2D eigenvalue weighted by Crippen LogP contribution is 2.25. The lowest BCUT2D eigenvalue weighted by molar-refractivity contribution is -0.141. The van der Waals surface area contributed by atoms with E-state index in [1.807, 2.05) is 12.1 Å². The maximum Gasteiger partial charge on any atom is 0.325 e. The van der Waals surface area contributed by atoms with Crippen molar-refractivity contribution in [1.29, 1.82) is 0 Å². The molecule has 1 amide bonds. The van der Waals surface area contributed by atoms with E-state index in [9.17, 15) is 22.4 Å². The van der Waals surface area contributed by atoms with Crippen LogP contribution >= 0.6 is 11.3 Å². The maximum atomic E-state index is 13.2. The van der Waals surface area contributed by atoms with Crippen molar-refractivity contribution in [3.63, 3.8) is 0 Å². The molecule has 198 valence electrons. The minimum absolute atomic E-state index is 0.0239. The number of halogens is 1. The second-order valence-corrected chi connectivity index (χ2v) is 12.0. The highest BCUT2D eigenvalue weighted by Gasteiger charge is 2.32. The molecule has 0 saturated carbocycles. The Morgan fingerprint density at radius 1 is 1.14 bits per heavy atom. The number of hydrogen-bond donors (Lipinski definition) is 0. The van der Waals surface area contributed by atoms with Gasteiger partial charge in [-0.2, -0.15) is 9.30 Å². The van der Waals surface area contributed by atoms with Gasteiger partial charge in [0, 0.05) is 19.0 Å². The number of hydrogen-bond acceptors (Lipinski definition) is 6. The monoisotopic (exact) mass is 547 g/mol. The van der Waals surface area contributed by atoms with Crippen LogP contribution in [0.15, 0.2) is 52.4 Å². The molecule has 1 saturated heterocycles. The SMILES string of the molecule is CCCCc1ccc2c(c1)sc(=NC(=O)C1CCN(S(=O)(=O)c3ccc(F)cc3)CC1)n2CC(=O)OC. The number of thiazole rings is 1. The number of fused-ring (bicyclic) bond motifs is 1. The second-order valence-electron chi connectivity index (χ2n) is 9.03. The second kappa shape index (κ2) is 11.7. The van der Waals surface area contributed by atoms with Crippen LogP contribution in [0.3, 0.4) is 0 Å². The highest BCUT2D eigenvalue weighted by molar-refractivity contribution is 7.89. The van der Waals surface area contributed by atoms with Crippen LogP contribution in [0.2, 0.25) is 0 Å². The Morgan fingerprint density at radius 2 is 1.84 bits per heavy atom. The summed E-state index contributed by atoms with van der Waals surface area (Å²) in [7, 11) is -2.45. The number of carbonyl (C=O) groups excluding carboxylic acids is 2. The fraction of sp³-hybridized carbons (Fsp3) is 0.423. The van der Waals surface area contributed by atoms with Gasteiger partial charge in [-0.15, -0.1) is 0 Å². The van der Waals surface area contributed by atoms with Crippen molar-refractivity contribution >= 4 is 43.5 Å². The number of piperidine rings is 1. The first-order valence-corrected chi connectivity index (χ1v) is 14.5. The number of rotatable bonds is 8. The van der Waals surface area contributed by atoms with E-state index >= 15 is 0 Å². The topological polar surface area (TPSA) is 98.0 Å². The third-order valence-corrected chi connectivity index (χ3v) is 9.50. The molecule has 0 unspecified atom stereocenters. The van der Waals surface area contributed by atoms with Crippen LogP contribution in [0, 0.1) is 11.7 Å². The lowest BCUT2D eigenvalue weighted by atomic mass is 9.98. The summed E-state index contributed by atoms with van der Waals surface area (Å²) in [5.41, 5.74) is 2.00. The zero-order valence-electron chi connectivity index (χ0n) is 20.9. The first kappa shape index (κ1) is 27.2. The number of esters is 1. The third kappa shape index (κ3) is 6.16. The molecule has 1 aromatic heterocycles. The fourth-order valence-corrected chi connectivity index (χ4v) is 6.94. The molecule has 0 spiro atoms. The van der Waals surface area contributed by atoms with Crippen molar-refractivity contribution in [2.24, 2.45) is 10.9 Å². The highest BCUT2D eigenvalue weighted by atomic mass is 32.2. The first-order valence-electron chi connectivity index (χ1n) is 12.3. The van der Waals surface area contributed by atoms with Gasteiger partial charge in [0.1, 0.15) is 12.4 Å². The van der Waals surface area contributed by atoms with Gasteiger partial charge in [-0.25, -0.2) is 12.8 Å². The molecular formula is C26H30FN3O5S2. The van der Waals surface area contributed by atoms with E-state index < -0.39 is 27.7 Å². The summed E-state index contributed by atoms with van der Waals surface area (Å²) >= 11 is 1.35. The molecule has 8 nitrogen and oxygen atoms in total. The van der Waals surface area contributed by atoms with Gasteiger partial charge in [-0.3, -0.25) is 9.59 Å². The van der Waals surface area contributed by atoms with Crippen LogP contribution < -0.4 is 4.80 Å². The molecule has 2 aromatic carbocycles.